The number of ether oxygens (including phenoxy) is 1. The maximum atomic E-state index is 13.5. The molecule has 2 fully saturated rings. The molecule has 0 bridgehead atoms. The summed E-state index contributed by atoms with van der Waals surface area (Å²) in [5.74, 6) is -2.62. The van der Waals surface area contributed by atoms with E-state index in [4.69, 9.17) is 4.74 Å². The normalized spacial score (nSPS) is 27.0. The minimum atomic E-state index is -0.840. The summed E-state index contributed by atoms with van der Waals surface area (Å²) in [5.41, 5.74) is 2.42. The van der Waals surface area contributed by atoms with Gasteiger partial charge in [0.05, 0.1) is 30.7 Å². The molecule has 0 spiro atoms. The molecule has 0 aromatic heterocycles. The van der Waals surface area contributed by atoms with Crippen molar-refractivity contribution in [2.45, 2.75) is 12.1 Å². The Balaban J connectivity index is 1.66. The van der Waals surface area contributed by atoms with Crippen molar-refractivity contribution in [3.63, 3.8) is 0 Å². The van der Waals surface area contributed by atoms with Gasteiger partial charge in [-0.25, -0.2) is 9.69 Å². The maximum Gasteiger partial charge on any atom is 0.329 e. The van der Waals surface area contributed by atoms with Crippen LogP contribution in [0.25, 0.3) is 6.08 Å². The van der Waals surface area contributed by atoms with Crippen molar-refractivity contribution in [3.05, 3.63) is 70.3 Å². The number of nitrogens with zero attached hydrogens (tertiary/aromatic N) is 2. The summed E-state index contributed by atoms with van der Waals surface area (Å²) in [5, 5.41) is 0. The molecule has 6 nitrogen and oxygen atoms in total. The number of anilines is 1. The van der Waals surface area contributed by atoms with E-state index < -0.39 is 23.8 Å². The van der Waals surface area contributed by atoms with Gasteiger partial charge in [-0.3, -0.25) is 9.59 Å². The number of hydrogen-bond acceptors (Lipinski definition) is 5. The van der Waals surface area contributed by atoms with Gasteiger partial charge in [0.2, 0.25) is 11.8 Å². The second-order valence-corrected chi connectivity index (χ2v) is 8.26. The second-order valence-electron chi connectivity index (χ2n) is 7.35. The Morgan fingerprint density at radius 3 is 2.55 bits per heavy atom. The predicted molar refractivity (Wildman–Crippen MR) is 109 cm³/mol. The van der Waals surface area contributed by atoms with E-state index in [0.29, 0.717) is 5.69 Å². The number of hydrogen-bond donors (Lipinski definition) is 0. The Hall–Kier alpha value is -2.93. The van der Waals surface area contributed by atoms with Crippen LogP contribution in [0.2, 0.25) is 0 Å². The van der Waals surface area contributed by atoms with Crippen LogP contribution in [-0.2, 0) is 19.1 Å². The number of amides is 2. The first-order chi connectivity index (χ1) is 14.0. The van der Waals surface area contributed by atoms with Crippen molar-refractivity contribution < 1.29 is 19.1 Å². The third kappa shape index (κ3) is 2.50. The van der Waals surface area contributed by atoms with Crippen molar-refractivity contribution in [1.82, 2.24) is 4.90 Å². The molecule has 4 atom stereocenters. The summed E-state index contributed by atoms with van der Waals surface area (Å²) in [4.78, 5) is 42.7. The number of benzene rings is 2. The standard InChI is InChI=1S/C22H17BrN2O4/c1-29-22(28)19-17-16(18-15-8-3-2-5-12(15)9-10-24(18)19)20(26)25(21(17)27)14-7-4-6-13(23)11-14/h2-11,16-19H,1H3/t16-,17-,18+,19+/m0/s1. The molecule has 29 heavy (non-hydrogen) atoms. The smallest absolute Gasteiger partial charge is 0.329 e. The van der Waals surface area contributed by atoms with Crippen LogP contribution >= 0.6 is 15.9 Å². The highest BCUT2D eigenvalue weighted by atomic mass is 79.9. The first-order valence-electron chi connectivity index (χ1n) is 9.28. The lowest BCUT2D eigenvalue weighted by Crippen LogP contribution is -2.44. The number of rotatable bonds is 2. The molecule has 0 radical (unpaired) electrons. The molecule has 5 rings (SSSR count). The lowest BCUT2D eigenvalue weighted by molar-refractivity contribution is -0.148. The number of imide groups is 1. The number of halogens is 1. The number of carbonyl (C=O) groups is 3. The Morgan fingerprint density at radius 2 is 1.79 bits per heavy atom. The summed E-state index contributed by atoms with van der Waals surface area (Å²) in [6, 6.07) is 13.6. The number of esters is 1. The van der Waals surface area contributed by atoms with E-state index in [1.165, 1.54) is 12.0 Å². The average Bonchev–Trinajstić information content (AvgIpc) is 3.20. The van der Waals surface area contributed by atoms with Gasteiger partial charge < -0.3 is 9.64 Å². The highest BCUT2D eigenvalue weighted by Crippen LogP contribution is 2.53. The Labute approximate surface area is 175 Å². The quantitative estimate of drug-likeness (QED) is 0.517. The topological polar surface area (TPSA) is 66.9 Å². The van der Waals surface area contributed by atoms with E-state index in [2.05, 4.69) is 15.9 Å². The Morgan fingerprint density at radius 1 is 1.03 bits per heavy atom. The van der Waals surface area contributed by atoms with Gasteiger partial charge in [0.25, 0.3) is 0 Å². The Bertz CT molecular complexity index is 1080. The van der Waals surface area contributed by atoms with E-state index in [0.717, 1.165) is 15.6 Å². The highest BCUT2D eigenvalue weighted by molar-refractivity contribution is 9.10. The molecule has 3 aliphatic heterocycles. The molecule has 7 heteroatoms. The van der Waals surface area contributed by atoms with E-state index in [9.17, 15) is 14.4 Å². The van der Waals surface area contributed by atoms with Crippen LogP contribution < -0.4 is 4.90 Å². The molecule has 0 saturated carbocycles. The molecule has 0 N–H and O–H groups in total. The van der Waals surface area contributed by atoms with Crippen LogP contribution in [0.15, 0.2) is 59.2 Å². The molecule has 2 amide bonds. The van der Waals surface area contributed by atoms with Crippen molar-refractivity contribution in [1.29, 1.82) is 0 Å². The zero-order chi connectivity index (χ0) is 20.3. The summed E-state index contributed by atoms with van der Waals surface area (Å²) in [7, 11) is 1.31. The SMILES string of the molecule is COC(=O)[C@H]1[C@H]2C(=O)N(c3cccc(Br)c3)C(=O)[C@@H]2[C@H]2c3ccccc3C=CN21. The minimum absolute atomic E-state index is 0.287. The summed E-state index contributed by atoms with van der Waals surface area (Å²) < 4.78 is 5.79. The second kappa shape index (κ2) is 6.56. The molecule has 2 aromatic rings. The predicted octanol–water partition coefficient (Wildman–Crippen LogP) is 3.14. The van der Waals surface area contributed by atoms with Crippen LogP contribution in [0, 0.1) is 11.8 Å². The third-order valence-electron chi connectivity index (χ3n) is 5.97. The van der Waals surface area contributed by atoms with Crippen molar-refractivity contribution in [2.24, 2.45) is 11.8 Å². The maximum absolute atomic E-state index is 13.5. The summed E-state index contributed by atoms with van der Waals surface area (Å²) >= 11 is 3.39. The molecular weight excluding hydrogens is 436 g/mol. The molecule has 0 unspecified atom stereocenters. The fraction of sp³-hybridized carbons (Fsp3) is 0.227. The van der Waals surface area contributed by atoms with Gasteiger partial charge in [0, 0.05) is 10.7 Å². The third-order valence-corrected chi connectivity index (χ3v) is 6.46. The van der Waals surface area contributed by atoms with Gasteiger partial charge >= 0.3 is 5.97 Å². The highest BCUT2D eigenvalue weighted by Gasteiger charge is 2.65. The van der Waals surface area contributed by atoms with Crippen molar-refractivity contribution >= 4 is 45.5 Å². The number of fused-ring (bicyclic) bond motifs is 5. The van der Waals surface area contributed by atoms with E-state index in [-0.39, 0.29) is 17.9 Å². The monoisotopic (exact) mass is 452 g/mol. The largest absolute Gasteiger partial charge is 0.467 e. The van der Waals surface area contributed by atoms with Gasteiger partial charge in [-0.05, 0) is 35.4 Å². The van der Waals surface area contributed by atoms with Crippen LogP contribution in [-0.4, -0.2) is 35.8 Å². The number of methoxy groups -OCH3 is 1. The van der Waals surface area contributed by atoms with Gasteiger partial charge in [0.1, 0.15) is 6.04 Å². The van der Waals surface area contributed by atoms with E-state index in [1.807, 2.05) is 41.3 Å². The molecule has 2 aromatic carbocycles. The summed E-state index contributed by atoms with van der Waals surface area (Å²) in [6.07, 6.45) is 3.71. The molecule has 0 aliphatic carbocycles. The lowest BCUT2D eigenvalue weighted by atomic mass is 9.84. The van der Waals surface area contributed by atoms with Crippen LogP contribution in [0.4, 0.5) is 5.69 Å². The van der Waals surface area contributed by atoms with Gasteiger partial charge in [-0.1, -0.05) is 46.3 Å². The van der Waals surface area contributed by atoms with Crippen molar-refractivity contribution in [3.8, 4) is 0 Å². The van der Waals surface area contributed by atoms with E-state index in [1.54, 1.807) is 24.4 Å². The molecule has 146 valence electrons. The minimum Gasteiger partial charge on any atom is -0.467 e. The van der Waals surface area contributed by atoms with Crippen molar-refractivity contribution in [2.75, 3.05) is 12.0 Å². The molecule has 3 aliphatic rings. The van der Waals surface area contributed by atoms with Gasteiger partial charge in [-0.2, -0.15) is 0 Å². The fourth-order valence-corrected chi connectivity index (χ4v) is 5.20. The van der Waals surface area contributed by atoms with Gasteiger partial charge in [0.15, 0.2) is 0 Å². The zero-order valence-corrected chi connectivity index (χ0v) is 17.1. The van der Waals surface area contributed by atoms with Crippen LogP contribution in [0.5, 0.6) is 0 Å². The average molecular weight is 453 g/mol. The number of carbonyl (C=O) groups excluding carboxylic acids is 3. The summed E-state index contributed by atoms with van der Waals surface area (Å²) in [6.45, 7) is 0. The van der Waals surface area contributed by atoms with Crippen LogP contribution in [0.1, 0.15) is 17.2 Å². The lowest BCUT2D eigenvalue weighted by Gasteiger charge is -2.34. The first-order valence-corrected chi connectivity index (χ1v) is 10.1. The fourth-order valence-electron chi connectivity index (χ4n) is 4.82. The molecule has 3 heterocycles. The van der Waals surface area contributed by atoms with Crippen LogP contribution in [0.3, 0.4) is 0 Å². The zero-order valence-electron chi connectivity index (χ0n) is 15.5. The van der Waals surface area contributed by atoms with Gasteiger partial charge in [-0.15, -0.1) is 0 Å². The molecule has 2 saturated heterocycles. The first kappa shape index (κ1) is 18.1. The van der Waals surface area contributed by atoms with E-state index >= 15 is 0 Å². The molecular formula is C22H17BrN2O4. The Kier molecular flexibility index (Phi) is 4.10.